The molecule has 2 heteroatoms. The highest BCUT2D eigenvalue weighted by atomic mass is 32.2. The van der Waals surface area contributed by atoms with Crippen LogP contribution in [0.15, 0.2) is 48.5 Å². The highest BCUT2D eigenvalue weighted by molar-refractivity contribution is 7.84. The Kier molecular flexibility index (Phi) is 6.85. The van der Waals surface area contributed by atoms with Crippen LogP contribution in [0.3, 0.4) is 0 Å². The van der Waals surface area contributed by atoms with Gasteiger partial charge in [-0.25, -0.2) is 0 Å². The predicted octanol–water partition coefficient (Wildman–Crippen LogP) is 5.82. The van der Waals surface area contributed by atoms with Crippen molar-refractivity contribution in [3.05, 3.63) is 70.8 Å². The minimum Gasteiger partial charge on any atom is -0.260 e. The van der Waals surface area contributed by atoms with E-state index in [4.69, 9.17) is 0 Å². The fourth-order valence-electron chi connectivity index (χ4n) is 2.91. The third kappa shape index (κ3) is 6.39. The zero-order valence-electron chi connectivity index (χ0n) is 17.3. The van der Waals surface area contributed by atoms with Crippen LogP contribution in [0.4, 0.5) is 0 Å². The number of aryl methyl sites for hydroxylation is 2. The first kappa shape index (κ1) is 20.9. The summed E-state index contributed by atoms with van der Waals surface area (Å²) in [6.45, 7) is 13.4. The Bertz CT molecular complexity index is 649. The van der Waals surface area contributed by atoms with Gasteiger partial charge in [-0.1, -0.05) is 90.1 Å². The molecule has 0 aliphatic rings. The molecule has 0 aliphatic carbocycles. The smallest absolute Gasteiger partial charge is 0.0275 e. The SMILES string of the molecule is CC(C)(C)c1ccc(CCS(=O)CCc2ccc(C(C)(C)C)cc2)cc1. The predicted molar refractivity (Wildman–Crippen MR) is 116 cm³/mol. The summed E-state index contributed by atoms with van der Waals surface area (Å²) in [5, 5.41) is 0. The van der Waals surface area contributed by atoms with Crippen molar-refractivity contribution < 1.29 is 4.21 Å². The Morgan fingerprint density at radius 2 is 0.923 bits per heavy atom. The molecule has 0 aliphatic heterocycles. The Balaban J connectivity index is 1.80. The first-order chi connectivity index (χ1) is 12.1. The van der Waals surface area contributed by atoms with Gasteiger partial charge in [0, 0.05) is 22.3 Å². The molecule has 0 spiro atoms. The molecule has 0 bridgehead atoms. The summed E-state index contributed by atoms with van der Waals surface area (Å²) < 4.78 is 12.4. The van der Waals surface area contributed by atoms with E-state index in [1.54, 1.807) is 0 Å². The van der Waals surface area contributed by atoms with Crippen LogP contribution in [-0.4, -0.2) is 15.7 Å². The van der Waals surface area contributed by atoms with E-state index < -0.39 is 10.8 Å². The first-order valence-corrected chi connectivity index (χ1v) is 11.1. The van der Waals surface area contributed by atoms with E-state index in [0.717, 1.165) is 24.3 Å². The van der Waals surface area contributed by atoms with Gasteiger partial charge in [-0.05, 0) is 45.9 Å². The summed E-state index contributed by atoms with van der Waals surface area (Å²) >= 11 is 0. The monoisotopic (exact) mass is 370 g/mol. The Morgan fingerprint density at radius 1 is 0.615 bits per heavy atom. The lowest BCUT2D eigenvalue weighted by Crippen LogP contribution is -2.12. The first-order valence-electron chi connectivity index (χ1n) is 9.59. The van der Waals surface area contributed by atoms with Gasteiger partial charge in [-0.3, -0.25) is 4.21 Å². The molecule has 0 heterocycles. The van der Waals surface area contributed by atoms with Crippen LogP contribution in [0.2, 0.25) is 0 Å². The van der Waals surface area contributed by atoms with Crippen LogP contribution >= 0.6 is 0 Å². The second-order valence-corrected chi connectivity index (χ2v) is 10.9. The summed E-state index contributed by atoms with van der Waals surface area (Å²) in [4.78, 5) is 0. The largest absolute Gasteiger partial charge is 0.260 e. The van der Waals surface area contributed by atoms with Gasteiger partial charge in [0.25, 0.3) is 0 Å². The molecular formula is C24H34OS. The minimum absolute atomic E-state index is 0.184. The lowest BCUT2D eigenvalue weighted by molar-refractivity contribution is 0.589. The maximum atomic E-state index is 12.4. The number of hydrogen-bond donors (Lipinski definition) is 0. The molecule has 0 fully saturated rings. The Hall–Kier alpha value is -1.41. The molecule has 0 aromatic heterocycles. The summed E-state index contributed by atoms with van der Waals surface area (Å²) in [6, 6.07) is 17.5. The summed E-state index contributed by atoms with van der Waals surface area (Å²) in [5.74, 6) is 1.49. The van der Waals surface area contributed by atoms with E-state index in [2.05, 4.69) is 90.1 Å². The van der Waals surface area contributed by atoms with E-state index >= 15 is 0 Å². The Labute approximate surface area is 162 Å². The molecule has 0 saturated heterocycles. The molecular weight excluding hydrogens is 336 g/mol. The number of hydrogen-bond acceptors (Lipinski definition) is 1. The third-order valence-electron chi connectivity index (χ3n) is 4.88. The molecule has 0 atom stereocenters. The van der Waals surface area contributed by atoms with Crippen molar-refractivity contribution in [2.24, 2.45) is 0 Å². The van der Waals surface area contributed by atoms with E-state index in [1.165, 1.54) is 22.3 Å². The zero-order chi connectivity index (χ0) is 19.4. The molecule has 2 aromatic carbocycles. The minimum atomic E-state index is -0.766. The second kappa shape index (κ2) is 8.52. The van der Waals surface area contributed by atoms with Crippen LogP contribution in [0, 0.1) is 0 Å². The topological polar surface area (TPSA) is 17.1 Å². The normalized spacial score (nSPS) is 12.6. The molecule has 0 radical (unpaired) electrons. The fourth-order valence-corrected chi connectivity index (χ4v) is 4.04. The van der Waals surface area contributed by atoms with Crippen LogP contribution in [-0.2, 0) is 34.5 Å². The summed E-state index contributed by atoms with van der Waals surface area (Å²) in [5.41, 5.74) is 5.62. The van der Waals surface area contributed by atoms with E-state index in [9.17, 15) is 4.21 Å². The van der Waals surface area contributed by atoms with Crippen molar-refractivity contribution in [1.82, 2.24) is 0 Å². The molecule has 0 amide bonds. The van der Waals surface area contributed by atoms with Crippen LogP contribution < -0.4 is 0 Å². The molecule has 142 valence electrons. The van der Waals surface area contributed by atoms with Gasteiger partial charge in [-0.2, -0.15) is 0 Å². The summed E-state index contributed by atoms with van der Waals surface area (Å²) in [6.07, 6.45) is 1.78. The van der Waals surface area contributed by atoms with Gasteiger partial charge >= 0.3 is 0 Å². The number of benzene rings is 2. The molecule has 0 N–H and O–H groups in total. The van der Waals surface area contributed by atoms with Gasteiger partial charge in [0.1, 0.15) is 0 Å². The average molecular weight is 371 g/mol. The van der Waals surface area contributed by atoms with Gasteiger partial charge in [0.05, 0.1) is 0 Å². The highest BCUT2D eigenvalue weighted by Crippen LogP contribution is 2.23. The van der Waals surface area contributed by atoms with Crippen molar-refractivity contribution in [2.75, 3.05) is 11.5 Å². The van der Waals surface area contributed by atoms with E-state index in [1.807, 2.05) is 0 Å². The van der Waals surface area contributed by atoms with Gasteiger partial charge in [0.2, 0.25) is 0 Å². The summed E-state index contributed by atoms with van der Waals surface area (Å²) in [7, 11) is -0.766. The van der Waals surface area contributed by atoms with Gasteiger partial charge < -0.3 is 0 Å². The lowest BCUT2D eigenvalue weighted by atomic mass is 9.86. The standard InChI is InChI=1S/C24H34OS/c1-23(2,3)21-11-7-19(8-12-21)15-17-26(25)18-16-20-9-13-22(14-10-20)24(4,5)6/h7-14H,15-18H2,1-6H3. The van der Waals surface area contributed by atoms with E-state index in [0.29, 0.717) is 0 Å². The lowest BCUT2D eigenvalue weighted by Gasteiger charge is -2.19. The van der Waals surface area contributed by atoms with Crippen LogP contribution in [0.5, 0.6) is 0 Å². The van der Waals surface area contributed by atoms with Crippen molar-refractivity contribution in [3.8, 4) is 0 Å². The Morgan fingerprint density at radius 3 is 1.19 bits per heavy atom. The molecule has 2 aromatic rings. The van der Waals surface area contributed by atoms with Crippen molar-refractivity contribution >= 4 is 10.8 Å². The van der Waals surface area contributed by atoms with Gasteiger partial charge in [-0.15, -0.1) is 0 Å². The zero-order valence-corrected chi connectivity index (χ0v) is 18.1. The van der Waals surface area contributed by atoms with Crippen LogP contribution in [0.25, 0.3) is 0 Å². The molecule has 26 heavy (non-hydrogen) atoms. The third-order valence-corrected chi connectivity index (χ3v) is 6.20. The van der Waals surface area contributed by atoms with Crippen molar-refractivity contribution in [2.45, 2.75) is 65.2 Å². The van der Waals surface area contributed by atoms with Crippen molar-refractivity contribution in [3.63, 3.8) is 0 Å². The number of rotatable bonds is 6. The fraction of sp³-hybridized carbons (Fsp3) is 0.500. The molecule has 0 unspecified atom stereocenters. The van der Waals surface area contributed by atoms with Gasteiger partial charge in [0.15, 0.2) is 0 Å². The molecule has 0 saturated carbocycles. The van der Waals surface area contributed by atoms with Crippen LogP contribution in [0.1, 0.15) is 63.8 Å². The second-order valence-electron chi connectivity index (χ2n) is 9.24. The molecule has 2 rings (SSSR count). The average Bonchev–Trinajstić information content (AvgIpc) is 2.57. The highest BCUT2D eigenvalue weighted by Gasteiger charge is 2.14. The maximum absolute atomic E-state index is 12.4. The quantitative estimate of drug-likeness (QED) is 0.626. The van der Waals surface area contributed by atoms with E-state index in [-0.39, 0.29) is 10.8 Å². The molecule has 1 nitrogen and oxygen atoms in total. The van der Waals surface area contributed by atoms with Crippen molar-refractivity contribution in [1.29, 1.82) is 0 Å². The maximum Gasteiger partial charge on any atom is 0.0275 e.